The van der Waals surface area contributed by atoms with E-state index in [0.29, 0.717) is 75.5 Å². The minimum Gasteiger partial charge on any atom is -0.468 e. The van der Waals surface area contributed by atoms with E-state index in [4.69, 9.17) is 33.5 Å². The Morgan fingerprint density at radius 3 is 1.93 bits per heavy atom. The fraction of sp³-hybridized carbons (Fsp3) is 0.204. The van der Waals surface area contributed by atoms with Gasteiger partial charge in [0, 0.05) is 23.0 Å². The van der Waals surface area contributed by atoms with E-state index < -0.39 is 5.76 Å². The van der Waals surface area contributed by atoms with Gasteiger partial charge in [-0.05, 0) is 91.3 Å². The number of nitrogens with one attached hydrogen (secondary N) is 1. The van der Waals surface area contributed by atoms with Crippen molar-refractivity contribution in [3.05, 3.63) is 178 Å². The van der Waals surface area contributed by atoms with Crippen LogP contribution in [0.3, 0.4) is 0 Å². The van der Waals surface area contributed by atoms with Crippen molar-refractivity contribution in [2.45, 2.75) is 54.3 Å². The molecule has 0 saturated carbocycles. The third-order valence-corrected chi connectivity index (χ3v) is 11.0. The van der Waals surface area contributed by atoms with Gasteiger partial charge in [0.05, 0.1) is 50.7 Å². The van der Waals surface area contributed by atoms with Gasteiger partial charge in [-0.15, -0.1) is 0 Å². The lowest BCUT2D eigenvalue weighted by molar-refractivity contribution is -0.128. The van der Waals surface area contributed by atoms with E-state index in [2.05, 4.69) is 105 Å². The Balaban J connectivity index is 0.00000122. The van der Waals surface area contributed by atoms with E-state index in [9.17, 15) is 9.59 Å². The first-order valence-corrected chi connectivity index (χ1v) is 22.7. The zero-order chi connectivity index (χ0) is 48.1. The summed E-state index contributed by atoms with van der Waals surface area (Å²) in [5, 5.41) is 8.46. The van der Waals surface area contributed by atoms with Gasteiger partial charge in [-0.3, -0.25) is 23.8 Å². The molecule has 1 aliphatic heterocycles. The number of fused-ring (bicyclic) bond motifs is 1. The van der Waals surface area contributed by atoms with Gasteiger partial charge in [0.1, 0.15) is 0 Å². The normalized spacial score (nSPS) is 11.7. The Kier molecular flexibility index (Phi) is 15.1. The number of para-hydroxylation sites is 1. The van der Waals surface area contributed by atoms with Gasteiger partial charge in [0.2, 0.25) is 5.82 Å². The second-order valence-electron chi connectivity index (χ2n) is 15.8. The molecule has 0 amide bonds. The molecule has 0 unspecified atom stereocenters. The van der Waals surface area contributed by atoms with Crippen LogP contribution < -0.4 is 15.4 Å². The maximum absolute atomic E-state index is 11.7. The van der Waals surface area contributed by atoms with E-state index in [0.717, 1.165) is 72.6 Å². The average Bonchev–Trinajstić information content (AvgIpc) is 4.06. The van der Waals surface area contributed by atoms with Crippen LogP contribution in [0.1, 0.15) is 48.7 Å². The third-order valence-electron chi connectivity index (χ3n) is 11.0. The number of benzene rings is 5. The molecule has 0 atom stereocenters. The minimum atomic E-state index is -0.603. The van der Waals surface area contributed by atoms with Crippen molar-refractivity contribution in [2.75, 3.05) is 24.7 Å². The van der Waals surface area contributed by atoms with E-state index in [1.54, 1.807) is 6.92 Å². The van der Waals surface area contributed by atoms with E-state index in [1.807, 2.05) is 92.1 Å². The SMILES string of the molecule is CCOC1=NCc2cccc(-c3nc(-c4ccccc4-c4ccc(Cn5cc(C)cccc(C)nc5OCC)cc4)no3)c2N1Cc1ccc(-c2ccccc2-c2noc(=O)[nH]2)cc1.CCOC=O. The molecule has 0 bridgehead atoms. The van der Waals surface area contributed by atoms with Crippen molar-refractivity contribution in [2.24, 2.45) is 4.99 Å². The maximum atomic E-state index is 11.7. The van der Waals surface area contributed by atoms with Crippen molar-refractivity contribution in [3.8, 4) is 62.5 Å². The summed E-state index contributed by atoms with van der Waals surface area (Å²) in [5.41, 5.74) is 12.2. The Bertz CT molecular complexity index is 3170. The highest BCUT2D eigenvalue weighted by Gasteiger charge is 2.29. The Morgan fingerprint density at radius 2 is 1.29 bits per heavy atom. The molecule has 3 aromatic heterocycles. The number of aliphatic imine (C=N–C) groups is 1. The highest BCUT2D eigenvalue weighted by molar-refractivity contribution is 5.98. The minimum absolute atomic E-state index is 0.374. The molecule has 69 heavy (non-hydrogen) atoms. The van der Waals surface area contributed by atoms with Crippen LogP contribution in [-0.4, -0.2) is 62.1 Å². The number of aromatic nitrogens is 6. The molecule has 4 heterocycles. The quantitative estimate of drug-likeness (QED) is 0.102. The molecule has 1 N–H and O–H groups in total. The largest absolute Gasteiger partial charge is 0.468 e. The van der Waals surface area contributed by atoms with E-state index in [-0.39, 0.29) is 0 Å². The summed E-state index contributed by atoms with van der Waals surface area (Å²) in [5.74, 6) is 0.634. The summed E-state index contributed by atoms with van der Waals surface area (Å²) in [6.45, 7) is 13.0. The lowest BCUT2D eigenvalue weighted by atomic mass is 9.98. The zero-order valence-corrected chi connectivity index (χ0v) is 39.1. The van der Waals surface area contributed by atoms with Crippen LogP contribution >= 0.6 is 0 Å². The summed E-state index contributed by atoms with van der Waals surface area (Å²) >= 11 is 0. The van der Waals surface area contributed by atoms with Gasteiger partial charge in [-0.25, -0.2) is 14.8 Å². The van der Waals surface area contributed by atoms with Crippen LogP contribution in [0.4, 0.5) is 5.69 Å². The number of rotatable bonds is 14. The molecule has 15 nitrogen and oxygen atoms in total. The summed E-state index contributed by atoms with van der Waals surface area (Å²) in [6, 6.07) is 45.7. The molecule has 0 spiro atoms. The van der Waals surface area contributed by atoms with E-state index >= 15 is 0 Å². The second-order valence-corrected chi connectivity index (χ2v) is 15.8. The molecular weight excluding hydrogens is 873 g/mol. The summed E-state index contributed by atoms with van der Waals surface area (Å²) < 4.78 is 29.2. The van der Waals surface area contributed by atoms with Crippen LogP contribution in [0.25, 0.3) is 56.5 Å². The lowest BCUT2D eigenvalue weighted by Gasteiger charge is -2.31. The van der Waals surface area contributed by atoms with Crippen LogP contribution in [0.15, 0.2) is 158 Å². The summed E-state index contributed by atoms with van der Waals surface area (Å²) in [6.07, 6.45) is 2.06. The van der Waals surface area contributed by atoms with Crippen molar-refractivity contribution >= 4 is 18.2 Å². The number of anilines is 1. The van der Waals surface area contributed by atoms with Crippen molar-refractivity contribution < 1.29 is 28.1 Å². The fourth-order valence-electron chi connectivity index (χ4n) is 7.92. The van der Waals surface area contributed by atoms with Crippen LogP contribution in [-0.2, 0) is 33.9 Å². The highest BCUT2D eigenvalue weighted by Crippen LogP contribution is 2.40. The Morgan fingerprint density at radius 1 is 0.652 bits per heavy atom. The second kappa shape index (κ2) is 22.3. The molecule has 0 saturated heterocycles. The number of amidine groups is 1. The first kappa shape index (κ1) is 46.9. The monoisotopic (exact) mass is 924 g/mol. The number of H-pyrrole nitrogens is 1. The zero-order valence-electron chi connectivity index (χ0n) is 39.1. The standard InChI is InChI=1S/C51H46N8O5.C3H6O2/c1-5-61-49-52-29-39-15-12-20-44(45(39)59(49)32-36-23-27-38(28-24-36)41-17-8-10-19-43(41)47-55-51(60)64-57-47)48-54-46(56-63-48)42-18-9-7-16-40(42)37-25-21-35(22-26-37)31-58-30-33(3)13-11-14-34(4)53-50(58)62-6-2;1-2-5-3-4/h7-28,30H,5-6,29,31-32H2,1-4H3,(H,55,57,60);3H,2H2,1H3. The first-order valence-electron chi connectivity index (χ1n) is 22.7. The van der Waals surface area contributed by atoms with Crippen molar-refractivity contribution in [1.29, 1.82) is 0 Å². The number of carbonyl (C=O) groups excluding carboxylic acids is 1. The van der Waals surface area contributed by atoms with Gasteiger partial charge >= 0.3 is 5.76 Å². The van der Waals surface area contributed by atoms with Crippen LogP contribution in [0.2, 0.25) is 0 Å². The average molecular weight is 925 g/mol. The summed E-state index contributed by atoms with van der Waals surface area (Å²) in [4.78, 5) is 40.3. The molecule has 5 aromatic carbocycles. The van der Waals surface area contributed by atoms with Crippen molar-refractivity contribution in [3.63, 3.8) is 0 Å². The van der Waals surface area contributed by atoms with Crippen LogP contribution in [0, 0.1) is 13.8 Å². The number of hydrogen-bond acceptors (Lipinski definition) is 13. The molecule has 8 aromatic rings. The van der Waals surface area contributed by atoms with Crippen molar-refractivity contribution in [1.82, 2.24) is 29.8 Å². The van der Waals surface area contributed by atoms with Gasteiger partial charge in [-0.2, -0.15) is 4.98 Å². The van der Waals surface area contributed by atoms with Crippen LogP contribution in [0.5, 0.6) is 6.01 Å². The van der Waals surface area contributed by atoms with Gasteiger partial charge in [0.15, 0.2) is 5.82 Å². The number of aryl methyl sites for hydroxylation is 2. The molecule has 0 radical (unpaired) electrons. The number of carbonyl (C=O) groups is 1. The predicted molar refractivity (Wildman–Crippen MR) is 265 cm³/mol. The smallest absolute Gasteiger partial charge is 0.439 e. The number of hydrogen-bond donors (Lipinski definition) is 1. The molecule has 15 heteroatoms. The molecule has 9 rings (SSSR count). The Hall–Kier alpha value is -8.59. The third kappa shape index (κ3) is 11.2. The fourth-order valence-corrected chi connectivity index (χ4v) is 7.92. The molecule has 350 valence electrons. The predicted octanol–water partition coefficient (Wildman–Crippen LogP) is 10.6. The number of nitrogens with zero attached hydrogens (tertiary/aromatic N) is 7. The molecule has 1 aliphatic rings. The molecule has 0 fully saturated rings. The maximum Gasteiger partial charge on any atom is 0.439 e. The lowest BCUT2D eigenvalue weighted by Crippen LogP contribution is -2.36. The van der Waals surface area contributed by atoms with Gasteiger partial charge in [-0.1, -0.05) is 132 Å². The van der Waals surface area contributed by atoms with Gasteiger partial charge < -0.3 is 18.7 Å². The summed E-state index contributed by atoms with van der Waals surface area (Å²) in [7, 11) is 0. The highest BCUT2D eigenvalue weighted by atomic mass is 16.5. The first-order chi connectivity index (χ1) is 33.8. The Labute approximate surface area is 399 Å². The molecular formula is C54H52N8O7. The number of aromatic amines is 1. The topological polar surface area (TPSA) is 176 Å². The van der Waals surface area contributed by atoms with Gasteiger partial charge in [0.25, 0.3) is 24.4 Å². The number of ether oxygens (including phenoxy) is 3. The van der Waals surface area contributed by atoms with E-state index in [1.165, 1.54) is 0 Å². The molecule has 0 aliphatic carbocycles.